The summed E-state index contributed by atoms with van der Waals surface area (Å²) < 4.78 is 0. The number of carboxylic acid groups (broad SMARTS) is 1. The standard InChI is InChI=1S/C5H9NO2/c1-3(4(2)6)5(7)8/h6H2,1-2H3,(H,7,8)/p-1/b4-3-. The van der Waals surface area contributed by atoms with Gasteiger partial charge in [0, 0.05) is 5.70 Å². The van der Waals surface area contributed by atoms with Gasteiger partial charge in [-0.25, -0.2) is 0 Å². The fourth-order valence-electron chi connectivity index (χ4n) is 0.161. The van der Waals surface area contributed by atoms with E-state index in [0.717, 1.165) is 0 Å². The van der Waals surface area contributed by atoms with Gasteiger partial charge in [-0.3, -0.25) is 0 Å². The Morgan fingerprint density at radius 2 is 1.88 bits per heavy atom. The summed E-state index contributed by atoms with van der Waals surface area (Å²) in [7, 11) is 0. The van der Waals surface area contributed by atoms with Crippen LogP contribution in [0.2, 0.25) is 0 Å². The van der Waals surface area contributed by atoms with E-state index in [1.807, 2.05) is 0 Å². The van der Waals surface area contributed by atoms with Crippen molar-refractivity contribution in [3.8, 4) is 0 Å². The van der Waals surface area contributed by atoms with Crippen LogP contribution in [0.15, 0.2) is 11.3 Å². The smallest absolute Gasteiger partial charge is 0.0689 e. The quantitative estimate of drug-likeness (QED) is 0.444. The molecule has 0 aromatic rings. The highest BCUT2D eigenvalue weighted by Crippen LogP contribution is 1.92. The molecule has 0 rings (SSSR count). The lowest BCUT2D eigenvalue weighted by Crippen LogP contribution is -2.25. The molecule has 8 heavy (non-hydrogen) atoms. The third kappa shape index (κ3) is 1.64. The van der Waals surface area contributed by atoms with Crippen LogP contribution in [0, 0.1) is 0 Å². The van der Waals surface area contributed by atoms with Crippen LogP contribution in [-0.2, 0) is 4.79 Å². The van der Waals surface area contributed by atoms with E-state index in [1.165, 1.54) is 13.8 Å². The van der Waals surface area contributed by atoms with Crippen molar-refractivity contribution in [1.29, 1.82) is 0 Å². The molecule has 0 heterocycles. The van der Waals surface area contributed by atoms with Crippen molar-refractivity contribution in [1.82, 2.24) is 0 Å². The number of rotatable bonds is 1. The second-order valence-electron chi connectivity index (χ2n) is 1.60. The SMILES string of the molecule is C/C(N)=C(\C)C(=O)[O-]. The maximum absolute atomic E-state index is 9.89. The van der Waals surface area contributed by atoms with Crippen molar-refractivity contribution in [2.24, 2.45) is 5.73 Å². The summed E-state index contributed by atoms with van der Waals surface area (Å²) in [5, 5.41) is 9.89. The average molecular weight is 114 g/mol. The van der Waals surface area contributed by atoms with Crippen molar-refractivity contribution in [2.45, 2.75) is 13.8 Å². The summed E-state index contributed by atoms with van der Waals surface area (Å²) in [5.74, 6) is -1.20. The molecule has 0 unspecified atom stereocenters. The minimum atomic E-state index is -1.20. The molecule has 0 fully saturated rings. The number of allylic oxidation sites excluding steroid dienone is 1. The Kier molecular flexibility index (Phi) is 2.06. The molecular weight excluding hydrogens is 106 g/mol. The molecule has 0 amide bonds. The lowest BCUT2D eigenvalue weighted by molar-refractivity contribution is -0.299. The highest BCUT2D eigenvalue weighted by molar-refractivity contribution is 5.84. The Hall–Kier alpha value is -0.990. The van der Waals surface area contributed by atoms with E-state index < -0.39 is 5.97 Å². The van der Waals surface area contributed by atoms with Gasteiger partial charge in [-0.1, -0.05) is 0 Å². The summed E-state index contributed by atoms with van der Waals surface area (Å²) in [4.78, 5) is 9.89. The van der Waals surface area contributed by atoms with Gasteiger partial charge in [-0.05, 0) is 19.4 Å². The minimum absolute atomic E-state index is 0.102. The number of nitrogens with two attached hydrogens (primary N) is 1. The Labute approximate surface area is 47.8 Å². The van der Waals surface area contributed by atoms with Crippen LogP contribution >= 0.6 is 0 Å². The van der Waals surface area contributed by atoms with Gasteiger partial charge in [0.2, 0.25) is 0 Å². The first-order chi connectivity index (χ1) is 3.55. The van der Waals surface area contributed by atoms with E-state index in [0.29, 0.717) is 5.70 Å². The van der Waals surface area contributed by atoms with Crippen molar-refractivity contribution >= 4 is 5.97 Å². The van der Waals surface area contributed by atoms with E-state index in [2.05, 4.69) is 0 Å². The van der Waals surface area contributed by atoms with Crippen LogP contribution in [0.1, 0.15) is 13.8 Å². The highest BCUT2D eigenvalue weighted by Gasteiger charge is 1.89. The fraction of sp³-hybridized carbons (Fsp3) is 0.400. The van der Waals surface area contributed by atoms with E-state index >= 15 is 0 Å². The molecule has 0 aliphatic rings. The Balaban J connectivity index is 4.23. The van der Waals surface area contributed by atoms with Gasteiger partial charge in [-0.2, -0.15) is 0 Å². The van der Waals surface area contributed by atoms with Crippen LogP contribution in [0.3, 0.4) is 0 Å². The van der Waals surface area contributed by atoms with Crippen molar-refractivity contribution < 1.29 is 9.90 Å². The Morgan fingerprint density at radius 3 is 1.88 bits per heavy atom. The second-order valence-corrected chi connectivity index (χ2v) is 1.60. The Bertz CT molecular complexity index is 133. The van der Waals surface area contributed by atoms with Gasteiger partial charge >= 0.3 is 0 Å². The number of aliphatic carboxylic acids is 1. The van der Waals surface area contributed by atoms with E-state index in [-0.39, 0.29) is 5.57 Å². The number of carboxylic acids is 1. The molecule has 0 aromatic carbocycles. The molecule has 2 N–H and O–H groups in total. The third-order valence-electron chi connectivity index (χ3n) is 0.898. The summed E-state index contributed by atoms with van der Waals surface area (Å²) in [6.45, 7) is 2.93. The molecule has 0 aliphatic carbocycles. The molecule has 0 saturated heterocycles. The predicted octanol–water partition coefficient (Wildman–Crippen LogP) is -1.01. The summed E-state index contributed by atoms with van der Waals surface area (Å²) in [6.07, 6.45) is 0. The topological polar surface area (TPSA) is 66.2 Å². The van der Waals surface area contributed by atoms with Crippen LogP contribution in [0.5, 0.6) is 0 Å². The number of carbonyl (C=O) groups excluding carboxylic acids is 1. The summed E-state index contributed by atoms with van der Waals surface area (Å²) >= 11 is 0. The molecule has 3 heteroatoms. The largest absolute Gasteiger partial charge is 0.545 e. The zero-order valence-electron chi connectivity index (χ0n) is 4.89. The van der Waals surface area contributed by atoms with Gasteiger partial charge in [0.15, 0.2) is 0 Å². The van der Waals surface area contributed by atoms with Crippen molar-refractivity contribution in [2.75, 3.05) is 0 Å². The molecule has 3 nitrogen and oxygen atoms in total. The van der Waals surface area contributed by atoms with Gasteiger partial charge in [0.05, 0.1) is 5.97 Å². The van der Waals surface area contributed by atoms with Crippen LogP contribution in [0.25, 0.3) is 0 Å². The maximum atomic E-state index is 9.89. The first-order valence-electron chi connectivity index (χ1n) is 2.20. The zero-order valence-corrected chi connectivity index (χ0v) is 4.89. The second kappa shape index (κ2) is 2.35. The van der Waals surface area contributed by atoms with Gasteiger partial charge in [0.25, 0.3) is 0 Å². The molecule has 46 valence electrons. The van der Waals surface area contributed by atoms with Crippen LogP contribution in [-0.4, -0.2) is 5.97 Å². The maximum Gasteiger partial charge on any atom is 0.0689 e. The normalized spacial score (nSPS) is 12.8. The van der Waals surface area contributed by atoms with Crippen LogP contribution in [0.4, 0.5) is 0 Å². The molecular formula is C5H8NO2-. The van der Waals surface area contributed by atoms with E-state index in [9.17, 15) is 9.90 Å². The lowest BCUT2D eigenvalue weighted by atomic mass is 10.2. The number of carbonyl (C=O) groups is 1. The monoisotopic (exact) mass is 114 g/mol. The minimum Gasteiger partial charge on any atom is -0.545 e. The van der Waals surface area contributed by atoms with Crippen molar-refractivity contribution in [3.05, 3.63) is 11.3 Å². The highest BCUT2D eigenvalue weighted by atomic mass is 16.4. The molecule has 0 aromatic heterocycles. The first kappa shape index (κ1) is 7.01. The van der Waals surface area contributed by atoms with E-state index in [4.69, 9.17) is 5.73 Å². The third-order valence-corrected chi connectivity index (χ3v) is 0.898. The van der Waals surface area contributed by atoms with Gasteiger partial charge < -0.3 is 15.6 Å². The molecule has 0 bridgehead atoms. The van der Waals surface area contributed by atoms with Crippen molar-refractivity contribution in [3.63, 3.8) is 0 Å². The lowest BCUT2D eigenvalue weighted by Gasteiger charge is -2.01. The molecule has 0 saturated carbocycles. The average Bonchev–Trinajstić information content (AvgIpc) is 1.64. The number of hydrogen-bond acceptors (Lipinski definition) is 3. The molecule has 0 atom stereocenters. The predicted molar refractivity (Wildman–Crippen MR) is 27.6 cm³/mol. The zero-order chi connectivity index (χ0) is 6.73. The fourth-order valence-corrected chi connectivity index (χ4v) is 0.161. The van der Waals surface area contributed by atoms with Gasteiger partial charge in [-0.15, -0.1) is 0 Å². The van der Waals surface area contributed by atoms with E-state index in [1.54, 1.807) is 0 Å². The summed E-state index contributed by atoms with van der Waals surface area (Å²) in [6, 6.07) is 0. The van der Waals surface area contributed by atoms with Gasteiger partial charge in [0.1, 0.15) is 0 Å². The van der Waals surface area contributed by atoms with Crippen LogP contribution < -0.4 is 10.8 Å². The molecule has 0 spiro atoms. The first-order valence-corrected chi connectivity index (χ1v) is 2.20. The Morgan fingerprint density at radius 1 is 1.50 bits per heavy atom. The number of hydrogen-bond donors (Lipinski definition) is 1. The molecule has 0 radical (unpaired) electrons. The molecule has 0 aliphatic heterocycles. The summed E-state index contributed by atoms with van der Waals surface area (Å²) in [5.41, 5.74) is 5.49.